The van der Waals surface area contributed by atoms with E-state index in [2.05, 4.69) is 17.1 Å². The van der Waals surface area contributed by atoms with Gasteiger partial charge in [-0.3, -0.25) is 14.9 Å². The lowest BCUT2D eigenvalue weighted by Gasteiger charge is -2.22. The van der Waals surface area contributed by atoms with E-state index in [0.717, 1.165) is 19.5 Å². The van der Waals surface area contributed by atoms with Crippen LogP contribution in [0.4, 0.5) is 11.4 Å². The largest absolute Gasteiger partial charge is 0.495 e. The lowest BCUT2D eigenvalue weighted by atomic mass is 9.90. The molecule has 0 bridgehead atoms. The minimum absolute atomic E-state index is 0.0932. The lowest BCUT2D eigenvalue weighted by molar-refractivity contribution is -0.384. The van der Waals surface area contributed by atoms with Crippen molar-refractivity contribution in [2.24, 2.45) is 11.1 Å². The molecule has 1 aromatic carbocycles. The van der Waals surface area contributed by atoms with E-state index in [9.17, 15) is 14.9 Å². The third-order valence-electron chi connectivity index (χ3n) is 4.45. The first-order valence-electron chi connectivity index (χ1n) is 7.91. The van der Waals surface area contributed by atoms with Gasteiger partial charge in [-0.05, 0) is 31.0 Å². The predicted molar refractivity (Wildman–Crippen MR) is 91.1 cm³/mol. The number of nitro groups is 1. The van der Waals surface area contributed by atoms with Gasteiger partial charge in [-0.15, -0.1) is 0 Å². The number of hydrogen-bond acceptors (Lipinski definition) is 6. The van der Waals surface area contributed by atoms with E-state index in [1.165, 1.54) is 25.3 Å². The molecule has 2 rings (SSSR count). The van der Waals surface area contributed by atoms with Crippen LogP contribution in [0.25, 0.3) is 0 Å². The maximum absolute atomic E-state index is 12.2. The monoisotopic (exact) mass is 336 g/mol. The van der Waals surface area contributed by atoms with Crippen LogP contribution >= 0.6 is 0 Å². The number of carbonyl (C=O) groups is 1. The van der Waals surface area contributed by atoms with Crippen molar-refractivity contribution in [2.45, 2.75) is 19.8 Å². The third-order valence-corrected chi connectivity index (χ3v) is 4.45. The molecule has 8 nitrogen and oxygen atoms in total. The summed E-state index contributed by atoms with van der Waals surface area (Å²) in [6.45, 7) is 5.25. The normalized spacial score (nSPS) is 20.8. The number of amides is 1. The average Bonchev–Trinajstić information content (AvgIpc) is 2.95. The number of ether oxygens (including phenoxy) is 1. The Labute approximate surface area is 141 Å². The van der Waals surface area contributed by atoms with Gasteiger partial charge in [-0.25, -0.2) is 0 Å². The topological polar surface area (TPSA) is 111 Å². The molecule has 1 amide bonds. The summed E-state index contributed by atoms with van der Waals surface area (Å²) in [5, 5.41) is 13.6. The van der Waals surface area contributed by atoms with Gasteiger partial charge in [-0.2, -0.15) is 0 Å². The molecule has 1 unspecified atom stereocenters. The highest BCUT2D eigenvalue weighted by molar-refractivity contribution is 5.92. The summed E-state index contributed by atoms with van der Waals surface area (Å²) in [4.78, 5) is 24.7. The van der Waals surface area contributed by atoms with Crippen LogP contribution in [0.15, 0.2) is 18.2 Å². The smallest absolute Gasteiger partial charge is 0.271 e. The van der Waals surface area contributed by atoms with Crippen molar-refractivity contribution in [1.29, 1.82) is 0 Å². The van der Waals surface area contributed by atoms with Crippen LogP contribution in [0.3, 0.4) is 0 Å². The number of carbonyl (C=O) groups excluding carboxylic acids is 1. The number of rotatable bonds is 7. The van der Waals surface area contributed by atoms with E-state index in [-0.39, 0.29) is 17.0 Å². The van der Waals surface area contributed by atoms with Gasteiger partial charge in [0.05, 0.1) is 17.7 Å². The molecule has 0 radical (unpaired) electrons. The number of hydrogen-bond donors (Lipinski definition) is 2. The molecule has 0 saturated carbocycles. The van der Waals surface area contributed by atoms with Crippen LogP contribution in [0.1, 0.15) is 19.8 Å². The number of nitro benzene ring substituents is 1. The van der Waals surface area contributed by atoms with E-state index in [4.69, 9.17) is 10.5 Å². The van der Waals surface area contributed by atoms with Crippen molar-refractivity contribution in [3.63, 3.8) is 0 Å². The van der Waals surface area contributed by atoms with Gasteiger partial charge in [-0.1, -0.05) is 6.92 Å². The summed E-state index contributed by atoms with van der Waals surface area (Å²) in [6.07, 6.45) is 1.34. The number of likely N-dealkylation sites (tertiary alicyclic amines) is 1. The fourth-order valence-electron chi connectivity index (χ4n) is 2.86. The molecule has 1 atom stereocenters. The number of methoxy groups -OCH3 is 1. The van der Waals surface area contributed by atoms with E-state index in [1.54, 1.807) is 0 Å². The maximum Gasteiger partial charge on any atom is 0.271 e. The van der Waals surface area contributed by atoms with Crippen LogP contribution < -0.4 is 15.8 Å². The first kappa shape index (κ1) is 18.2. The second-order valence-corrected chi connectivity index (χ2v) is 6.48. The lowest BCUT2D eigenvalue weighted by Crippen LogP contribution is -2.32. The van der Waals surface area contributed by atoms with Gasteiger partial charge < -0.3 is 20.7 Å². The van der Waals surface area contributed by atoms with Crippen molar-refractivity contribution in [1.82, 2.24) is 4.90 Å². The zero-order valence-corrected chi connectivity index (χ0v) is 14.1. The molecule has 1 aliphatic heterocycles. The standard InChI is InChI=1S/C16H24N4O4/c1-16(10-17)6-8-19(11-16)7-5-15(21)18-13-9-12(20(22)23)3-4-14(13)24-2/h3-4,9H,5-8,10-11,17H2,1-2H3,(H,18,21). The van der Waals surface area contributed by atoms with Crippen LogP contribution in [-0.2, 0) is 4.79 Å². The minimum Gasteiger partial charge on any atom is -0.495 e. The molecule has 0 aromatic heterocycles. The number of nitrogens with two attached hydrogens (primary N) is 1. The molecule has 0 aliphatic carbocycles. The van der Waals surface area contributed by atoms with Crippen molar-refractivity contribution in [3.05, 3.63) is 28.3 Å². The Morgan fingerprint density at radius 3 is 2.88 bits per heavy atom. The van der Waals surface area contributed by atoms with Crippen LogP contribution in [-0.4, -0.2) is 49.0 Å². The Morgan fingerprint density at radius 2 is 2.29 bits per heavy atom. The molecule has 1 aliphatic rings. The van der Waals surface area contributed by atoms with Crippen LogP contribution in [0.2, 0.25) is 0 Å². The van der Waals surface area contributed by atoms with Gasteiger partial charge in [0.15, 0.2) is 0 Å². The highest BCUT2D eigenvalue weighted by Crippen LogP contribution is 2.30. The molecule has 24 heavy (non-hydrogen) atoms. The van der Waals surface area contributed by atoms with E-state index in [1.807, 2.05) is 0 Å². The second kappa shape index (κ2) is 7.59. The average molecular weight is 336 g/mol. The van der Waals surface area contributed by atoms with Crippen molar-refractivity contribution < 1.29 is 14.5 Å². The summed E-state index contributed by atoms with van der Waals surface area (Å²) in [5.41, 5.74) is 6.13. The molecule has 3 N–H and O–H groups in total. The number of nitrogens with zero attached hydrogens (tertiary/aromatic N) is 2. The second-order valence-electron chi connectivity index (χ2n) is 6.48. The fraction of sp³-hybridized carbons (Fsp3) is 0.562. The number of benzene rings is 1. The van der Waals surface area contributed by atoms with Gasteiger partial charge >= 0.3 is 0 Å². The van der Waals surface area contributed by atoms with E-state index < -0.39 is 4.92 Å². The quantitative estimate of drug-likeness (QED) is 0.578. The first-order chi connectivity index (χ1) is 11.4. The number of nitrogens with one attached hydrogen (secondary N) is 1. The SMILES string of the molecule is COc1ccc([N+](=O)[O-])cc1NC(=O)CCN1CCC(C)(CN)C1. The van der Waals surface area contributed by atoms with Gasteiger partial charge in [0, 0.05) is 31.6 Å². The Balaban J connectivity index is 1.93. The zero-order chi connectivity index (χ0) is 17.7. The van der Waals surface area contributed by atoms with Crippen LogP contribution in [0.5, 0.6) is 5.75 Å². The molecule has 1 fully saturated rings. The Kier molecular flexibility index (Phi) is 5.74. The van der Waals surface area contributed by atoms with Gasteiger partial charge in [0.25, 0.3) is 5.69 Å². The molecule has 132 valence electrons. The maximum atomic E-state index is 12.2. The Bertz CT molecular complexity index is 622. The predicted octanol–water partition coefficient (Wildman–Crippen LogP) is 1.60. The van der Waals surface area contributed by atoms with Crippen LogP contribution in [0, 0.1) is 15.5 Å². The molecular weight excluding hydrogens is 312 g/mol. The minimum atomic E-state index is -0.507. The molecule has 1 saturated heterocycles. The Morgan fingerprint density at radius 1 is 1.54 bits per heavy atom. The fourth-order valence-corrected chi connectivity index (χ4v) is 2.86. The van der Waals surface area contributed by atoms with E-state index >= 15 is 0 Å². The Hall–Kier alpha value is -2.19. The summed E-state index contributed by atoms with van der Waals surface area (Å²) in [7, 11) is 1.45. The first-order valence-corrected chi connectivity index (χ1v) is 7.91. The van der Waals surface area contributed by atoms with Crippen molar-refractivity contribution in [3.8, 4) is 5.75 Å². The zero-order valence-electron chi connectivity index (χ0n) is 14.1. The van der Waals surface area contributed by atoms with Crippen molar-refractivity contribution >= 4 is 17.3 Å². The molecule has 1 aromatic rings. The van der Waals surface area contributed by atoms with E-state index in [0.29, 0.717) is 30.9 Å². The summed E-state index contributed by atoms with van der Waals surface area (Å²) in [6, 6.07) is 4.12. The van der Waals surface area contributed by atoms with Crippen molar-refractivity contribution in [2.75, 3.05) is 38.6 Å². The highest BCUT2D eigenvalue weighted by atomic mass is 16.6. The molecule has 1 heterocycles. The highest BCUT2D eigenvalue weighted by Gasteiger charge is 2.32. The number of non-ortho nitro benzene ring substituents is 1. The molecular formula is C16H24N4O4. The number of anilines is 1. The summed E-state index contributed by atoms with van der Waals surface area (Å²) < 4.78 is 5.14. The summed E-state index contributed by atoms with van der Waals surface area (Å²) in [5.74, 6) is 0.195. The molecule has 0 spiro atoms. The van der Waals surface area contributed by atoms with Gasteiger partial charge in [0.2, 0.25) is 5.91 Å². The third kappa shape index (κ3) is 4.42. The summed E-state index contributed by atoms with van der Waals surface area (Å²) >= 11 is 0. The van der Waals surface area contributed by atoms with Gasteiger partial charge in [0.1, 0.15) is 5.75 Å². The molecule has 8 heteroatoms.